The number of piperidine rings is 3. The van der Waals surface area contributed by atoms with Gasteiger partial charge in [-0.25, -0.2) is 14.8 Å². The van der Waals surface area contributed by atoms with Crippen molar-refractivity contribution in [1.82, 2.24) is 29.3 Å². The molecule has 10 heteroatoms. The lowest BCUT2D eigenvalue weighted by atomic mass is 9.59. The lowest BCUT2D eigenvalue weighted by Crippen LogP contribution is -2.56. The number of benzene rings is 1. The Morgan fingerprint density at radius 3 is 2.41 bits per heavy atom. The third kappa shape index (κ3) is 4.66. The molecule has 2 amide bonds. The molecule has 1 N–H and O–H groups in total. The molecule has 1 spiro atoms. The third-order valence-electron chi connectivity index (χ3n) is 10.4. The number of imidazole rings is 1. The number of carbonyl (C=O) groups is 2. The minimum Gasteiger partial charge on any atom is -0.341 e. The number of nitrogens with zero attached hydrogens (tertiary/aromatic N) is 6. The summed E-state index contributed by atoms with van der Waals surface area (Å²) in [4.78, 5) is 51.5. The van der Waals surface area contributed by atoms with Gasteiger partial charge in [0.15, 0.2) is 0 Å². The van der Waals surface area contributed by atoms with Crippen molar-refractivity contribution >= 4 is 28.8 Å². The van der Waals surface area contributed by atoms with Crippen LogP contribution in [0.1, 0.15) is 74.6 Å². The second-order valence-electron chi connectivity index (χ2n) is 12.8. The normalized spacial score (nSPS) is 24.1. The molecule has 0 radical (unpaired) electrons. The lowest BCUT2D eigenvalue weighted by molar-refractivity contribution is -0.135. The molecule has 7 rings (SSSR count). The molecular formula is C31H39N7O3. The number of nitrogens with one attached hydrogen (secondary N) is 1. The monoisotopic (exact) mass is 557 g/mol. The van der Waals surface area contributed by atoms with Gasteiger partial charge in [-0.15, -0.1) is 0 Å². The van der Waals surface area contributed by atoms with E-state index < -0.39 is 11.9 Å². The lowest BCUT2D eigenvalue weighted by Gasteiger charge is -2.56. The van der Waals surface area contributed by atoms with Crippen LogP contribution in [0.2, 0.25) is 0 Å². The molecule has 2 aromatic heterocycles. The summed E-state index contributed by atoms with van der Waals surface area (Å²) in [6.07, 6.45) is 9.78. The summed E-state index contributed by atoms with van der Waals surface area (Å²) in [5, 5.41) is 2.39. The molecule has 1 unspecified atom stereocenters. The number of aryl methyl sites for hydroxylation is 2. The predicted octanol–water partition coefficient (Wildman–Crippen LogP) is 3.04. The molecule has 0 bridgehead atoms. The van der Waals surface area contributed by atoms with E-state index in [9.17, 15) is 14.4 Å². The van der Waals surface area contributed by atoms with Crippen LogP contribution in [-0.4, -0.2) is 68.0 Å². The van der Waals surface area contributed by atoms with Gasteiger partial charge in [0.1, 0.15) is 6.04 Å². The Hall–Kier alpha value is -3.53. The number of hydrogen-bond acceptors (Lipinski definition) is 7. The Labute approximate surface area is 239 Å². The second-order valence-corrected chi connectivity index (χ2v) is 12.8. The number of imide groups is 1. The van der Waals surface area contributed by atoms with Gasteiger partial charge in [0.2, 0.25) is 17.8 Å². The summed E-state index contributed by atoms with van der Waals surface area (Å²) < 4.78 is 3.20. The van der Waals surface area contributed by atoms with Crippen molar-refractivity contribution in [3.63, 3.8) is 0 Å². The number of carbonyl (C=O) groups excluding carboxylic acids is 2. The van der Waals surface area contributed by atoms with Crippen molar-refractivity contribution in [2.24, 2.45) is 12.5 Å². The standard InChI is InChI=1S/C31H39N7O3/c1-20-7-12-32-29(33-20)37-15-10-31(11-16-37)18-23(19-31)36-13-8-21(9-14-36)22-3-4-24-26(17-22)35(2)30(41)38(24)25-5-6-27(39)34-28(25)40/h3-4,7,12,17,21,23,25H,5-6,8-11,13-16,18-19H2,1-2H3,(H,34,39,40). The number of amides is 2. The molecular weight excluding hydrogens is 518 g/mol. The van der Waals surface area contributed by atoms with E-state index in [0.29, 0.717) is 23.8 Å². The number of anilines is 1. The Balaban J connectivity index is 0.966. The van der Waals surface area contributed by atoms with Crippen molar-refractivity contribution in [3.8, 4) is 0 Å². The Morgan fingerprint density at radius 2 is 1.71 bits per heavy atom. The zero-order valence-corrected chi connectivity index (χ0v) is 24.0. The molecule has 1 aromatic carbocycles. The maximum Gasteiger partial charge on any atom is 0.329 e. The van der Waals surface area contributed by atoms with Crippen LogP contribution < -0.4 is 15.9 Å². The van der Waals surface area contributed by atoms with Gasteiger partial charge >= 0.3 is 5.69 Å². The zero-order chi connectivity index (χ0) is 28.3. The average Bonchev–Trinajstić information content (AvgIpc) is 3.21. The van der Waals surface area contributed by atoms with Gasteiger partial charge in [-0.05, 0) is 100 Å². The highest BCUT2D eigenvalue weighted by Gasteiger charge is 2.48. The summed E-state index contributed by atoms with van der Waals surface area (Å²) in [7, 11) is 1.77. The van der Waals surface area contributed by atoms with Gasteiger partial charge in [0.25, 0.3) is 0 Å². The maximum absolute atomic E-state index is 13.1. The van der Waals surface area contributed by atoms with E-state index in [4.69, 9.17) is 0 Å². The van der Waals surface area contributed by atoms with Gasteiger partial charge < -0.3 is 9.80 Å². The molecule has 41 heavy (non-hydrogen) atoms. The van der Waals surface area contributed by atoms with E-state index in [-0.39, 0.29) is 18.0 Å². The fourth-order valence-corrected chi connectivity index (χ4v) is 7.84. The molecule has 10 nitrogen and oxygen atoms in total. The second kappa shape index (κ2) is 10.1. The van der Waals surface area contributed by atoms with E-state index in [2.05, 4.69) is 37.2 Å². The first-order valence-corrected chi connectivity index (χ1v) is 15.1. The predicted molar refractivity (Wildman–Crippen MR) is 156 cm³/mol. The molecule has 1 atom stereocenters. The third-order valence-corrected chi connectivity index (χ3v) is 10.4. The number of fused-ring (bicyclic) bond motifs is 1. The molecule has 3 aliphatic heterocycles. The van der Waals surface area contributed by atoms with Crippen molar-refractivity contribution in [3.05, 3.63) is 52.2 Å². The summed E-state index contributed by atoms with van der Waals surface area (Å²) in [5.41, 5.74) is 4.18. The number of likely N-dealkylation sites (tertiary alicyclic amines) is 1. The topological polar surface area (TPSA) is 105 Å². The first-order chi connectivity index (χ1) is 19.8. The van der Waals surface area contributed by atoms with Gasteiger partial charge in [-0.3, -0.25) is 24.0 Å². The molecule has 3 aromatic rings. The van der Waals surface area contributed by atoms with Crippen LogP contribution in [0.3, 0.4) is 0 Å². The van der Waals surface area contributed by atoms with E-state index in [0.717, 1.165) is 61.7 Å². The first-order valence-electron chi connectivity index (χ1n) is 15.1. The van der Waals surface area contributed by atoms with Crippen molar-refractivity contribution in [2.75, 3.05) is 31.1 Å². The molecule has 4 aliphatic rings. The van der Waals surface area contributed by atoms with Gasteiger partial charge in [-0.2, -0.15) is 0 Å². The number of aromatic nitrogens is 4. The Bertz CT molecular complexity index is 1550. The molecule has 1 aliphatic carbocycles. The van der Waals surface area contributed by atoms with Crippen molar-refractivity contribution in [1.29, 1.82) is 0 Å². The molecule has 5 heterocycles. The SMILES string of the molecule is Cc1ccnc(N2CCC3(CC2)CC(N2CCC(c4ccc5c(c4)n(C)c(=O)n5C4CCC(=O)NC4=O)CC2)C3)n1. The minimum atomic E-state index is -0.646. The van der Waals surface area contributed by atoms with Crippen LogP contribution in [0.4, 0.5) is 5.95 Å². The van der Waals surface area contributed by atoms with E-state index in [1.807, 2.05) is 25.3 Å². The number of hydrogen-bond donors (Lipinski definition) is 1. The summed E-state index contributed by atoms with van der Waals surface area (Å²) >= 11 is 0. The van der Waals surface area contributed by atoms with Crippen molar-refractivity contribution < 1.29 is 9.59 Å². The van der Waals surface area contributed by atoms with Crippen LogP contribution in [0.25, 0.3) is 11.0 Å². The van der Waals surface area contributed by atoms with E-state index >= 15 is 0 Å². The summed E-state index contributed by atoms with van der Waals surface area (Å²) in [5.74, 6) is 0.680. The maximum atomic E-state index is 13.1. The van der Waals surface area contributed by atoms with Crippen LogP contribution in [-0.2, 0) is 16.6 Å². The van der Waals surface area contributed by atoms with E-state index in [1.54, 1.807) is 16.2 Å². The largest absolute Gasteiger partial charge is 0.341 e. The highest BCUT2D eigenvalue weighted by Crippen LogP contribution is 2.52. The van der Waals surface area contributed by atoms with Gasteiger partial charge in [-0.1, -0.05) is 6.07 Å². The summed E-state index contributed by atoms with van der Waals surface area (Å²) in [6.45, 7) is 6.35. The van der Waals surface area contributed by atoms with Crippen LogP contribution in [0.5, 0.6) is 0 Å². The highest BCUT2D eigenvalue weighted by atomic mass is 16.2. The highest BCUT2D eigenvalue weighted by molar-refractivity contribution is 6.00. The van der Waals surface area contributed by atoms with Crippen LogP contribution >= 0.6 is 0 Å². The smallest absolute Gasteiger partial charge is 0.329 e. The van der Waals surface area contributed by atoms with Gasteiger partial charge in [0, 0.05) is 44.5 Å². The van der Waals surface area contributed by atoms with Gasteiger partial charge in [0.05, 0.1) is 11.0 Å². The average molecular weight is 558 g/mol. The molecule has 1 saturated carbocycles. The molecule has 216 valence electrons. The first kappa shape index (κ1) is 26.4. The fourth-order valence-electron chi connectivity index (χ4n) is 7.84. The Kier molecular flexibility index (Phi) is 6.48. The van der Waals surface area contributed by atoms with E-state index in [1.165, 1.54) is 31.2 Å². The minimum absolute atomic E-state index is 0.211. The number of rotatable bonds is 4. The zero-order valence-electron chi connectivity index (χ0n) is 24.0. The summed E-state index contributed by atoms with van der Waals surface area (Å²) in [6, 6.07) is 8.27. The fraction of sp³-hybridized carbons (Fsp3) is 0.581. The van der Waals surface area contributed by atoms with Crippen LogP contribution in [0.15, 0.2) is 35.3 Å². The quantitative estimate of drug-likeness (QED) is 0.492. The Morgan fingerprint density at radius 1 is 0.951 bits per heavy atom. The molecule has 4 fully saturated rings. The molecule has 3 saturated heterocycles. The van der Waals surface area contributed by atoms with Crippen molar-refractivity contribution in [2.45, 2.75) is 76.3 Å². The van der Waals surface area contributed by atoms with Crippen LogP contribution in [0, 0.1) is 12.3 Å².